The van der Waals surface area contributed by atoms with E-state index in [1.54, 1.807) is 6.20 Å². The third-order valence-electron chi connectivity index (χ3n) is 3.24. The fourth-order valence-electron chi connectivity index (χ4n) is 2.15. The molecule has 1 amide bonds. The zero-order chi connectivity index (χ0) is 14.4. The van der Waals surface area contributed by atoms with Gasteiger partial charge in [-0.05, 0) is 18.6 Å². The van der Waals surface area contributed by atoms with Crippen LogP contribution in [0.1, 0.15) is 18.9 Å². The highest BCUT2D eigenvalue weighted by molar-refractivity contribution is 5.76. The molecule has 1 aromatic heterocycles. The summed E-state index contributed by atoms with van der Waals surface area (Å²) in [6.07, 6.45) is 2.40. The van der Waals surface area contributed by atoms with Gasteiger partial charge in [0.1, 0.15) is 5.82 Å². The van der Waals surface area contributed by atoms with Gasteiger partial charge in [-0.15, -0.1) is 0 Å². The predicted octanol–water partition coefficient (Wildman–Crippen LogP) is 0.272. The summed E-state index contributed by atoms with van der Waals surface area (Å²) in [6.45, 7) is 5.39. The van der Waals surface area contributed by atoms with Crippen molar-refractivity contribution in [2.24, 2.45) is 5.73 Å². The summed E-state index contributed by atoms with van der Waals surface area (Å²) in [5.74, 6) is 0.927. The normalized spacial score (nSPS) is 18.9. The van der Waals surface area contributed by atoms with E-state index >= 15 is 0 Å². The van der Waals surface area contributed by atoms with Crippen molar-refractivity contribution in [2.45, 2.75) is 26.0 Å². The number of rotatable bonds is 5. The van der Waals surface area contributed by atoms with Crippen molar-refractivity contribution in [3.8, 4) is 0 Å². The summed E-state index contributed by atoms with van der Waals surface area (Å²) in [6, 6.07) is 3.98. The van der Waals surface area contributed by atoms with Crippen LogP contribution >= 0.6 is 0 Å². The molecule has 1 aromatic rings. The summed E-state index contributed by atoms with van der Waals surface area (Å²) in [5.41, 5.74) is 6.31. The number of pyridine rings is 1. The molecule has 3 N–H and O–H groups in total. The Labute approximate surface area is 119 Å². The van der Waals surface area contributed by atoms with Gasteiger partial charge in [-0.3, -0.25) is 4.79 Å². The molecule has 0 bridgehead atoms. The summed E-state index contributed by atoms with van der Waals surface area (Å²) in [4.78, 5) is 18.0. The molecule has 0 radical (unpaired) electrons. The van der Waals surface area contributed by atoms with Crippen molar-refractivity contribution in [3.63, 3.8) is 0 Å². The Kier molecular flexibility index (Phi) is 5.31. The molecule has 0 aromatic carbocycles. The Morgan fingerprint density at radius 1 is 1.60 bits per heavy atom. The lowest BCUT2D eigenvalue weighted by Crippen LogP contribution is -2.41. The number of hydrogen-bond donors (Lipinski definition) is 2. The molecule has 6 nitrogen and oxygen atoms in total. The van der Waals surface area contributed by atoms with Crippen LogP contribution in [0.25, 0.3) is 0 Å². The van der Waals surface area contributed by atoms with E-state index in [-0.39, 0.29) is 12.0 Å². The molecule has 1 unspecified atom stereocenters. The first-order valence-corrected chi connectivity index (χ1v) is 6.97. The van der Waals surface area contributed by atoms with E-state index in [2.05, 4.69) is 22.1 Å². The molecule has 1 aliphatic rings. The SMILES string of the molecule is CC1CN(c2ccc(CNC(=O)CCN)cn2)CCO1. The molecule has 1 aliphatic heterocycles. The van der Waals surface area contributed by atoms with Gasteiger partial charge in [-0.2, -0.15) is 0 Å². The third kappa shape index (κ3) is 4.18. The number of carbonyl (C=O) groups excluding carboxylic acids is 1. The molecule has 0 spiro atoms. The number of anilines is 1. The molecule has 0 aliphatic carbocycles. The predicted molar refractivity (Wildman–Crippen MR) is 77.4 cm³/mol. The number of nitrogens with one attached hydrogen (secondary N) is 1. The molecule has 2 heterocycles. The summed E-state index contributed by atoms with van der Waals surface area (Å²) >= 11 is 0. The Hall–Kier alpha value is -1.66. The number of hydrogen-bond acceptors (Lipinski definition) is 5. The average molecular weight is 278 g/mol. The standard InChI is InChI=1S/C14H22N4O2/c1-11-10-18(6-7-20-11)13-3-2-12(8-16-13)9-17-14(19)4-5-15/h2-3,8,11H,4-7,9-10,15H2,1H3,(H,17,19). The minimum Gasteiger partial charge on any atom is -0.375 e. The number of nitrogens with zero attached hydrogens (tertiary/aromatic N) is 2. The van der Waals surface area contributed by atoms with Gasteiger partial charge in [0.2, 0.25) is 5.91 Å². The molecule has 1 fully saturated rings. The van der Waals surface area contributed by atoms with Gasteiger partial charge in [-0.1, -0.05) is 6.07 Å². The van der Waals surface area contributed by atoms with Crippen molar-refractivity contribution in [3.05, 3.63) is 23.9 Å². The van der Waals surface area contributed by atoms with Gasteiger partial charge in [0.25, 0.3) is 0 Å². The monoisotopic (exact) mass is 278 g/mol. The fourth-order valence-corrected chi connectivity index (χ4v) is 2.15. The fraction of sp³-hybridized carbons (Fsp3) is 0.571. The van der Waals surface area contributed by atoms with Gasteiger partial charge < -0.3 is 20.7 Å². The van der Waals surface area contributed by atoms with E-state index in [4.69, 9.17) is 10.5 Å². The quantitative estimate of drug-likeness (QED) is 0.808. The van der Waals surface area contributed by atoms with Crippen LogP contribution in [0, 0.1) is 0 Å². The van der Waals surface area contributed by atoms with Crippen LogP contribution in [0.3, 0.4) is 0 Å². The highest BCUT2D eigenvalue weighted by Crippen LogP contribution is 2.15. The van der Waals surface area contributed by atoms with Gasteiger partial charge in [0.05, 0.1) is 12.7 Å². The maximum absolute atomic E-state index is 11.3. The second kappa shape index (κ2) is 7.21. The lowest BCUT2D eigenvalue weighted by atomic mass is 10.2. The first-order valence-electron chi connectivity index (χ1n) is 6.97. The molecule has 2 rings (SSSR count). The summed E-state index contributed by atoms with van der Waals surface area (Å²) < 4.78 is 5.51. The molecular weight excluding hydrogens is 256 g/mol. The Balaban J connectivity index is 1.87. The van der Waals surface area contributed by atoms with E-state index in [0.717, 1.165) is 31.1 Å². The number of aromatic nitrogens is 1. The van der Waals surface area contributed by atoms with Gasteiger partial charge in [0.15, 0.2) is 0 Å². The molecule has 6 heteroatoms. The molecule has 0 saturated carbocycles. The molecule has 1 atom stereocenters. The van der Waals surface area contributed by atoms with Gasteiger partial charge >= 0.3 is 0 Å². The van der Waals surface area contributed by atoms with E-state index in [9.17, 15) is 4.79 Å². The van der Waals surface area contributed by atoms with Crippen molar-refractivity contribution < 1.29 is 9.53 Å². The maximum Gasteiger partial charge on any atom is 0.221 e. The topological polar surface area (TPSA) is 80.5 Å². The lowest BCUT2D eigenvalue weighted by molar-refractivity contribution is -0.121. The van der Waals surface area contributed by atoms with Crippen LogP contribution in [-0.2, 0) is 16.1 Å². The zero-order valence-electron chi connectivity index (χ0n) is 11.8. The van der Waals surface area contributed by atoms with Crippen LogP contribution in [0.2, 0.25) is 0 Å². The lowest BCUT2D eigenvalue weighted by Gasteiger charge is -2.32. The second-order valence-corrected chi connectivity index (χ2v) is 4.97. The number of ether oxygens (including phenoxy) is 1. The Morgan fingerprint density at radius 3 is 3.10 bits per heavy atom. The van der Waals surface area contributed by atoms with Crippen LogP contribution in [0.5, 0.6) is 0 Å². The zero-order valence-corrected chi connectivity index (χ0v) is 11.8. The average Bonchev–Trinajstić information content (AvgIpc) is 2.46. The largest absolute Gasteiger partial charge is 0.375 e. The van der Waals surface area contributed by atoms with Crippen LogP contribution in [-0.4, -0.2) is 43.2 Å². The molecular formula is C14H22N4O2. The molecule has 20 heavy (non-hydrogen) atoms. The maximum atomic E-state index is 11.3. The second-order valence-electron chi connectivity index (χ2n) is 4.97. The Bertz CT molecular complexity index is 435. The van der Waals surface area contributed by atoms with Gasteiger partial charge in [-0.25, -0.2) is 4.98 Å². The smallest absolute Gasteiger partial charge is 0.221 e. The first-order chi connectivity index (χ1) is 9.69. The highest BCUT2D eigenvalue weighted by atomic mass is 16.5. The molecule has 110 valence electrons. The van der Waals surface area contributed by atoms with Crippen molar-refractivity contribution >= 4 is 11.7 Å². The van der Waals surface area contributed by atoms with E-state index in [1.165, 1.54) is 0 Å². The minimum atomic E-state index is -0.0291. The number of amides is 1. The van der Waals surface area contributed by atoms with Gasteiger partial charge in [0, 0.05) is 38.8 Å². The first kappa shape index (κ1) is 14.7. The van der Waals surface area contributed by atoms with Crippen molar-refractivity contribution in [1.29, 1.82) is 0 Å². The number of carbonyl (C=O) groups is 1. The summed E-state index contributed by atoms with van der Waals surface area (Å²) in [7, 11) is 0. The third-order valence-corrected chi connectivity index (χ3v) is 3.24. The van der Waals surface area contributed by atoms with Crippen molar-refractivity contribution in [2.75, 3.05) is 31.1 Å². The minimum absolute atomic E-state index is 0.0291. The highest BCUT2D eigenvalue weighted by Gasteiger charge is 2.17. The molecule has 1 saturated heterocycles. The Morgan fingerprint density at radius 2 is 2.45 bits per heavy atom. The van der Waals surface area contributed by atoms with Crippen LogP contribution < -0.4 is 16.0 Å². The van der Waals surface area contributed by atoms with E-state index < -0.39 is 0 Å². The van der Waals surface area contributed by atoms with E-state index in [1.807, 2.05) is 12.1 Å². The van der Waals surface area contributed by atoms with Crippen LogP contribution in [0.4, 0.5) is 5.82 Å². The van der Waals surface area contributed by atoms with Crippen LogP contribution in [0.15, 0.2) is 18.3 Å². The number of morpholine rings is 1. The summed E-state index contributed by atoms with van der Waals surface area (Å²) in [5, 5.41) is 2.81. The number of nitrogens with two attached hydrogens (primary N) is 1. The van der Waals surface area contributed by atoms with Crippen molar-refractivity contribution in [1.82, 2.24) is 10.3 Å². The van der Waals surface area contributed by atoms with E-state index in [0.29, 0.717) is 19.5 Å².